The minimum atomic E-state index is -0.576. The molecule has 0 unspecified atom stereocenters. The van der Waals surface area contributed by atoms with Crippen LogP contribution >= 0.6 is 0 Å². The number of carbonyl (C=O) groups is 3. The van der Waals surface area contributed by atoms with Gasteiger partial charge in [-0.1, -0.05) is 36.4 Å². The lowest BCUT2D eigenvalue weighted by atomic mass is 10.1. The van der Waals surface area contributed by atoms with Gasteiger partial charge >= 0.3 is 5.97 Å². The van der Waals surface area contributed by atoms with Crippen LogP contribution < -0.4 is 4.90 Å². The van der Waals surface area contributed by atoms with Crippen LogP contribution in [0.25, 0.3) is 0 Å². The third-order valence-electron chi connectivity index (χ3n) is 3.90. The van der Waals surface area contributed by atoms with E-state index in [0.717, 1.165) is 6.42 Å². The molecule has 0 radical (unpaired) electrons. The minimum Gasteiger partial charge on any atom is -0.454 e. The summed E-state index contributed by atoms with van der Waals surface area (Å²) in [5.74, 6) is -0.776. The number of benzene rings is 2. The van der Waals surface area contributed by atoms with Crippen LogP contribution in [0, 0.1) is 0 Å². The van der Waals surface area contributed by atoms with Crippen molar-refractivity contribution in [2.24, 2.45) is 0 Å². The molecule has 1 amide bonds. The zero-order valence-electron chi connectivity index (χ0n) is 13.1. The molecule has 2 aromatic carbocycles. The molecule has 5 nitrogen and oxygen atoms in total. The van der Waals surface area contributed by atoms with Crippen molar-refractivity contribution in [3.8, 4) is 0 Å². The summed E-state index contributed by atoms with van der Waals surface area (Å²) in [7, 11) is 0. The van der Waals surface area contributed by atoms with E-state index in [1.165, 1.54) is 0 Å². The first kappa shape index (κ1) is 15.9. The van der Waals surface area contributed by atoms with Crippen LogP contribution in [0.15, 0.2) is 54.6 Å². The number of anilines is 1. The number of hydrogen-bond acceptors (Lipinski definition) is 4. The number of amides is 1. The molecule has 0 atom stereocenters. The first-order chi connectivity index (χ1) is 11.6. The Morgan fingerprint density at radius 1 is 1.00 bits per heavy atom. The minimum absolute atomic E-state index is 0.0553. The van der Waals surface area contributed by atoms with Crippen LogP contribution in [0.2, 0.25) is 0 Å². The first-order valence-corrected chi connectivity index (χ1v) is 7.81. The van der Waals surface area contributed by atoms with Gasteiger partial charge in [0.05, 0.1) is 5.56 Å². The number of ether oxygens (including phenoxy) is 1. The van der Waals surface area contributed by atoms with Gasteiger partial charge in [-0.25, -0.2) is 4.79 Å². The van der Waals surface area contributed by atoms with Gasteiger partial charge in [0.1, 0.15) is 0 Å². The summed E-state index contributed by atoms with van der Waals surface area (Å²) in [6.45, 7) is 0.347. The highest BCUT2D eigenvalue weighted by Gasteiger charge is 2.22. The van der Waals surface area contributed by atoms with E-state index in [4.69, 9.17) is 4.74 Å². The fourth-order valence-corrected chi connectivity index (χ4v) is 2.64. The van der Waals surface area contributed by atoms with Gasteiger partial charge < -0.3 is 9.64 Å². The Bertz CT molecular complexity index is 770. The summed E-state index contributed by atoms with van der Waals surface area (Å²) < 4.78 is 5.10. The van der Waals surface area contributed by atoms with E-state index in [0.29, 0.717) is 29.8 Å². The third kappa shape index (κ3) is 3.51. The maximum absolute atomic E-state index is 12.2. The molecule has 3 rings (SSSR count). The predicted molar refractivity (Wildman–Crippen MR) is 89.1 cm³/mol. The standard InChI is InChI=1S/C19H17NO4/c21-17(14-6-2-1-3-7-14)13-24-19(23)15-8-4-9-16(12-15)20-11-5-10-18(20)22/h1-4,6-9,12H,5,10-11,13H2. The van der Waals surface area contributed by atoms with E-state index in [9.17, 15) is 14.4 Å². The fourth-order valence-electron chi connectivity index (χ4n) is 2.64. The van der Waals surface area contributed by atoms with Crippen LogP contribution in [0.3, 0.4) is 0 Å². The highest BCUT2D eigenvalue weighted by molar-refractivity contribution is 6.00. The van der Waals surface area contributed by atoms with E-state index in [-0.39, 0.29) is 18.3 Å². The van der Waals surface area contributed by atoms with Crippen LogP contribution in [0.4, 0.5) is 5.69 Å². The molecule has 5 heteroatoms. The van der Waals surface area contributed by atoms with Crippen LogP contribution in [-0.2, 0) is 9.53 Å². The summed E-state index contributed by atoms with van der Waals surface area (Å²) in [6.07, 6.45) is 1.35. The van der Waals surface area contributed by atoms with E-state index < -0.39 is 5.97 Å². The molecule has 0 bridgehead atoms. The quantitative estimate of drug-likeness (QED) is 0.627. The molecule has 0 aliphatic carbocycles. The molecular formula is C19H17NO4. The Morgan fingerprint density at radius 2 is 1.75 bits per heavy atom. The Hall–Kier alpha value is -2.95. The molecule has 0 aromatic heterocycles. The average Bonchev–Trinajstić information content (AvgIpc) is 3.06. The number of ketones is 1. The molecule has 2 aromatic rings. The highest BCUT2D eigenvalue weighted by atomic mass is 16.5. The summed E-state index contributed by atoms with van der Waals surface area (Å²) >= 11 is 0. The number of nitrogens with zero attached hydrogens (tertiary/aromatic N) is 1. The molecule has 122 valence electrons. The summed E-state index contributed by atoms with van der Waals surface area (Å²) in [5, 5.41) is 0. The molecule has 0 saturated carbocycles. The van der Waals surface area contributed by atoms with Crippen molar-refractivity contribution >= 4 is 23.3 Å². The Labute approximate surface area is 139 Å². The van der Waals surface area contributed by atoms with Crippen molar-refractivity contribution in [3.63, 3.8) is 0 Å². The van der Waals surface area contributed by atoms with Gasteiger partial charge in [-0.2, -0.15) is 0 Å². The molecule has 0 N–H and O–H groups in total. The van der Waals surface area contributed by atoms with Gasteiger partial charge in [-0.15, -0.1) is 0 Å². The van der Waals surface area contributed by atoms with Gasteiger partial charge in [0.15, 0.2) is 12.4 Å². The summed E-state index contributed by atoms with van der Waals surface area (Å²) in [4.78, 5) is 37.6. The highest BCUT2D eigenvalue weighted by Crippen LogP contribution is 2.22. The van der Waals surface area contributed by atoms with Gasteiger partial charge in [0, 0.05) is 24.2 Å². The second-order valence-corrected chi connectivity index (χ2v) is 5.56. The van der Waals surface area contributed by atoms with E-state index >= 15 is 0 Å². The topological polar surface area (TPSA) is 63.7 Å². The van der Waals surface area contributed by atoms with Crippen molar-refractivity contribution in [2.45, 2.75) is 12.8 Å². The van der Waals surface area contributed by atoms with Crippen molar-refractivity contribution in [1.29, 1.82) is 0 Å². The smallest absolute Gasteiger partial charge is 0.338 e. The molecule has 24 heavy (non-hydrogen) atoms. The second-order valence-electron chi connectivity index (χ2n) is 5.56. The van der Waals surface area contributed by atoms with Crippen molar-refractivity contribution in [1.82, 2.24) is 0 Å². The molecular weight excluding hydrogens is 306 g/mol. The van der Waals surface area contributed by atoms with E-state index in [1.807, 2.05) is 6.07 Å². The molecule has 1 saturated heterocycles. The molecule has 0 spiro atoms. The zero-order valence-corrected chi connectivity index (χ0v) is 13.1. The van der Waals surface area contributed by atoms with Gasteiger partial charge in [-0.05, 0) is 24.6 Å². The van der Waals surface area contributed by atoms with Crippen molar-refractivity contribution in [2.75, 3.05) is 18.1 Å². The SMILES string of the molecule is O=C(COC(=O)c1cccc(N2CCCC2=O)c1)c1ccccc1. The average molecular weight is 323 g/mol. The van der Waals surface area contributed by atoms with E-state index in [1.54, 1.807) is 53.4 Å². The Balaban J connectivity index is 1.65. The van der Waals surface area contributed by atoms with Crippen LogP contribution in [-0.4, -0.2) is 30.8 Å². The van der Waals surface area contributed by atoms with Crippen LogP contribution in [0.1, 0.15) is 33.6 Å². The first-order valence-electron chi connectivity index (χ1n) is 7.81. The lowest BCUT2D eigenvalue weighted by Crippen LogP contribution is -2.24. The predicted octanol–water partition coefficient (Wildman–Crippen LogP) is 2.85. The molecule has 1 aliphatic rings. The number of carbonyl (C=O) groups excluding carboxylic acids is 3. The van der Waals surface area contributed by atoms with Crippen molar-refractivity contribution in [3.05, 3.63) is 65.7 Å². The Morgan fingerprint density at radius 3 is 2.46 bits per heavy atom. The van der Waals surface area contributed by atoms with Crippen LogP contribution in [0.5, 0.6) is 0 Å². The van der Waals surface area contributed by atoms with Gasteiger partial charge in [-0.3, -0.25) is 9.59 Å². The third-order valence-corrected chi connectivity index (χ3v) is 3.90. The summed E-state index contributed by atoms with van der Waals surface area (Å²) in [6, 6.07) is 15.4. The monoisotopic (exact) mass is 323 g/mol. The summed E-state index contributed by atoms with van der Waals surface area (Å²) in [5.41, 5.74) is 1.51. The number of esters is 1. The zero-order chi connectivity index (χ0) is 16.9. The molecule has 1 aliphatic heterocycles. The largest absolute Gasteiger partial charge is 0.454 e. The maximum Gasteiger partial charge on any atom is 0.338 e. The number of rotatable bonds is 5. The Kier molecular flexibility index (Phi) is 4.70. The van der Waals surface area contributed by atoms with E-state index in [2.05, 4.69) is 0 Å². The number of hydrogen-bond donors (Lipinski definition) is 0. The lowest BCUT2D eigenvalue weighted by molar-refractivity contribution is -0.117. The lowest BCUT2D eigenvalue weighted by Gasteiger charge is -2.16. The maximum atomic E-state index is 12.2. The second kappa shape index (κ2) is 7.08. The van der Waals surface area contributed by atoms with Gasteiger partial charge in [0.25, 0.3) is 0 Å². The molecule has 1 fully saturated rings. The number of Topliss-reactive ketones (excluding diaryl/α,β-unsaturated/α-hetero) is 1. The fraction of sp³-hybridized carbons (Fsp3) is 0.211. The normalized spacial score (nSPS) is 13.8. The molecule has 1 heterocycles. The van der Waals surface area contributed by atoms with Crippen molar-refractivity contribution < 1.29 is 19.1 Å². The van der Waals surface area contributed by atoms with Gasteiger partial charge in [0.2, 0.25) is 5.91 Å².